The second kappa shape index (κ2) is 23.2. The van der Waals surface area contributed by atoms with Gasteiger partial charge in [-0.05, 0) is 51.4 Å². The van der Waals surface area contributed by atoms with E-state index < -0.39 is 75.7 Å². The van der Waals surface area contributed by atoms with Crippen molar-refractivity contribution >= 4 is 19.8 Å². The maximum absolute atomic E-state index is 12.5. The van der Waals surface area contributed by atoms with Crippen LogP contribution in [0.4, 0.5) is 0 Å². The second-order valence-electron chi connectivity index (χ2n) is 10.6. The zero-order valence-corrected chi connectivity index (χ0v) is 27.0. The van der Waals surface area contributed by atoms with Crippen LogP contribution in [-0.2, 0) is 32.7 Å². The molecular weight excluding hydrogens is 611 g/mol. The van der Waals surface area contributed by atoms with Crippen molar-refractivity contribution in [1.82, 2.24) is 0 Å². The highest BCUT2D eigenvalue weighted by Crippen LogP contribution is 2.47. The Bertz CT molecular complexity index is 995. The third-order valence-corrected chi connectivity index (χ3v) is 7.64. The normalized spacial score (nSPS) is 26.1. The van der Waals surface area contributed by atoms with Crippen molar-refractivity contribution in [2.45, 2.75) is 121 Å². The lowest BCUT2D eigenvalue weighted by Gasteiger charge is -2.41. The average Bonchev–Trinajstić information content (AvgIpc) is 3.00. The molecule has 0 aromatic carbocycles. The summed E-state index contributed by atoms with van der Waals surface area (Å²) in [5.41, 5.74) is 0. The van der Waals surface area contributed by atoms with E-state index in [1.165, 1.54) is 0 Å². The van der Waals surface area contributed by atoms with Crippen LogP contribution < -0.4 is 0 Å². The number of aliphatic hydroxyl groups is 5. The summed E-state index contributed by atoms with van der Waals surface area (Å²) in [4.78, 5) is 34.4. The van der Waals surface area contributed by atoms with Gasteiger partial charge in [0, 0.05) is 12.8 Å². The largest absolute Gasteiger partial charge is 0.472 e. The number of phosphoric ester groups is 1. The Morgan fingerprint density at radius 1 is 0.711 bits per heavy atom. The molecule has 1 rings (SSSR count). The summed E-state index contributed by atoms with van der Waals surface area (Å²) in [5, 5.41) is 49.4. The van der Waals surface area contributed by atoms with Gasteiger partial charge < -0.3 is 39.9 Å². The monoisotopic (exact) mass is 662 g/mol. The van der Waals surface area contributed by atoms with E-state index in [9.17, 15) is 44.6 Å². The molecule has 0 bridgehead atoms. The van der Waals surface area contributed by atoms with Crippen LogP contribution in [0.5, 0.6) is 0 Å². The minimum absolute atomic E-state index is 0.0405. The zero-order chi connectivity index (χ0) is 33.7. The van der Waals surface area contributed by atoms with E-state index in [1.54, 1.807) is 6.92 Å². The van der Waals surface area contributed by atoms with Gasteiger partial charge in [-0.15, -0.1) is 0 Å². The van der Waals surface area contributed by atoms with E-state index in [0.29, 0.717) is 19.3 Å². The Morgan fingerprint density at radius 2 is 1.24 bits per heavy atom. The van der Waals surface area contributed by atoms with Crippen molar-refractivity contribution in [3.63, 3.8) is 0 Å². The number of ether oxygens (including phenoxy) is 2. The summed E-state index contributed by atoms with van der Waals surface area (Å²) in [5.74, 6) is -1.22. The first-order valence-corrected chi connectivity index (χ1v) is 16.9. The van der Waals surface area contributed by atoms with Gasteiger partial charge in [0.05, 0.1) is 6.61 Å². The smallest absolute Gasteiger partial charge is 0.462 e. The molecule has 0 aromatic heterocycles. The molecule has 0 aromatic rings. The van der Waals surface area contributed by atoms with Crippen LogP contribution in [0.3, 0.4) is 0 Å². The number of esters is 2. The molecule has 13 nitrogen and oxygen atoms in total. The van der Waals surface area contributed by atoms with E-state index in [1.807, 2.05) is 12.2 Å². The molecule has 1 saturated carbocycles. The van der Waals surface area contributed by atoms with Crippen molar-refractivity contribution in [1.29, 1.82) is 0 Å². The van der Waals surface area contributed by atoms with Crippen molar-refractivity contribution in [3.05, 3.63) is 48.6 Å². The summed E-state index contributed by atoms with van der Waals surface area (Å²) in [6.07, 6.45) is 9.87. The lowest BCUT2D eigenvalue weighted by Crippen LogP contribution is -2.64. The Kier molecular flexibility index (Phi) is 21.0. The molecule has 1 aliphatic carbocycles. The first kappa shape index (κ1) is 40.8. The summed E-state index contributed by atoms with van der Waals surface area (Å²) in [6, 6.07) is 0. The molecule has 0 aliphatic heterocycles. The van der Waals surface area contributed by atoms with Crippen LogP contribution in [0.25, 0.3) is 0 Å². The number of allylic oxidation sites excluding steroid dienone is 8. The van der Waals surface area contributed by atoms with Crippen molar-refractivity contribution in [2.75, 3.05) is 13.2 Å². The standard InChI is InChI=1S/C31H51O13P/c1-3-5-6-7-8-9-10-11-12-13-14-15-16-17-18-20-25(33)43-23(21-41-24(32)19-4-2)22-42-45(39,40)44-31-29(37)27(35)26(34)28(36)30(31)38/h5-6,8-9,11-12,14-15,23,26-31,34-38H,3-4,7,10,13,16-22H2,1-2H3,(H,39,40)/b6-5-,9-8-,12-11-,15-14-. The molecule has 0 spiro atoms. The molecule has 0 radical (unpaired) electrons. The van der Waals surface area contributed by atoms with Gasteiger partial charge in [0.2, 0.25) is 0 Å². The molecular formula is C31H51O13P. The number of hydrogen-bond acceptors (Lipinski definition) is 12. The molecule has 0 amide bonds. The maximum Gasteiger partial charge on any atom is 0.472 e. The van der Waals surface area contributed by atoms with Gasteiger partial charge in [-0.3, -0.25) is 18.6 Å². The van der Waals surface area contributed by atoms with Gasteiger partial charge in [-0.25, -0.2) is 4.57 Å². The molecule has 0 heterocycles. The van der Waals surface area contributed by atoms with Gasteiger partial charge in [0.1, 0.15) is 43.2 Å². The van der Waals surface area contributed by atoms with Crippen LogP contribution >= 0.6 is 7.82 Å². The molecule has 1 fully saturated rings. The van der Waals surface area contributed by atoms with E-state index >= 15 is 0 Å². The van der Waals surface area contributed by atoms with Crippen LogP contribution in [0.1, 0.15) is 78.1 Å². The van der Waals surface area contributed by atoms with Gasteiger partial charge in [0.15, 0.2) is 6.10 Å². The molecule has 0 saturated heterocycles. The number of carbonyl (C=O) groups excluding carboxylic acids is 2. The third kappa shape index (κ3) is 17.3. The fourth-order valence-corrected chi connectivity index (χ4v) is 5.11. The topological polar surface area (TPSA) is 210 Å². The highest BCUT2D eigenvalue weighted by Gasteiger charge is 2.51. The molecule has 6 atom stereocenters. The van der Waals surface area contributed by atoms with Crippen molar-refractivity contribution in [3.8, 4) is 0 Å². The van der Waals surface area contributed by atoms with Crippen molar-refractivity contribution < 1.29 is 63.1 Å². The minimum Gasteiger partial charge on any atom is -0.462 e. The maximum atomic E-state index is 12.5. The quantitative estimate of drug-likeness (QED) is 0.0427. The summed E-state index contributed by atoms with van der Waals surface area (Å²) < 4.78 is 32.5. The second-order valence-corrected chi connectivity index (χ2v) is 12.0. The SMILES string of the molecule is CC/C=C\C/C=C\C/C=C\C/C=C\CCCCC(=O)OC(COC(=O)CCC)COP(=O)(O)OC1C(O)C(O)C(O)C(O)C1O. The average molecular weight is 663 g/mol. The fraction of sp³-hybridized carbons (Fsp3) is 0.677. The molecule has 6 unspecified atom stereocenters. The molecule has 45 heavy (non-hydrogen) atoms. The number of hydrogen-bond donors (Lipinski definition) is 6. The van der Waals surface area contributed by atoms with Crippen LogP contribution in [0, 0.1) is 0 Å². The summed E-state index contributed by atoms with van der Waals surface area (Å²) in [6.45, 7) is 2.64. The number of rotatable bonds is 22. The summed E-state index contributed by atoms with van der Waals surface area (Å²) >= 11 is 0. The van der Waals surface area contributed by atoms with Gasteiger partial charge in [-0.2, -0.15) is 0 Å². The highest BCUT2D eigenvalue weighted by molar-refractivity contribution is 7.47. The number of aliphatic hydroxyl groups excluding tert-OH is 5. The van der Waals surface area contributed by atoms with E-state index in [-0.39, 0.29) is 12.8 Å². The first-order valence-electron chi connectivity index (χ1n) is 15.4. The third-order valence-electron chi connectivity index (χ3n) is 6.65. The first-order chi connectivity index (χ1) is 21.4. The predicted molar refractivity (Wildman–Crippen MR) is 166 cm³/mol. The fourth-order valence-electron chi connectivity index (χ4n) is 4.14. The number of unbranched alkanes of at least 4 members (excludes halogenated alkanes) is 2. The zero-order valence-electron chi connectivity index (χ0n) is 26.1. The summed E-state index contributed by atoms with van der Waals surface area (Å²) in [7, 11) is -5.09. The molecule has 1 aliphatic rings. The molecule has 14 heteroatoms. The Hall–Kier alpha value is -2.19. The lowest BCUT2D eigenvalue weighted by atomic mass is 9.85. The van der Waals surface area contributed by atoms with Gasteiger partial charge >= 0.3 is 19.8 Å². The van der Waals surface area contributed by atoms with Crippen molar-refractivity contribution in [2.24, 2.45) is 0 Å². The number of carbonyl (C=O) groups is 2. The van der Waals surface area contributed by atoms with Gasteiger partial charge in [-0.1, -0.05) is 62.5 Å². The van der Waals surface area contributed by atoms with Crippen LogP contribution in [0.15, 0.2) is 48.6 Å². The van der Waals surface area contributed by atoms with Crippen LogP contribution in [0.2, 0.25) is 0 Å². The minimum atomic E-state index is -5.09. The van der Waals surface area contributed by atoms with E-state index in [0.717, 1.165) is 32.1 Å². The van der Waals surface area contributed by atoms with E-state index in [4.69, 9.17) is 18.5 Å². The Balaban J connectivity index is 2.51. The van der Waals surface area contributed by atoms with Gasteiger partial charge in [0.25, 0.3) is 0 Å². The highest BCUT2D eigenvalue weighted by atomic mass is 31.2. The number of phosphoric acid groups is 1. The van der Waals surface area contributed by atoms with Crippen LogP contribution in [-0.4, -0.2) is 98.3 Å². The molecule has 6 N–H and O–H groups in total. The predicted octanol–water partition coefficient (Wildman–Crippen LogP) is 2.93. The molecule has 258 valence electrons. The lowest BCUT2D eigenvalue weighted by molar-refractivity contribution is -0.220. The Labute approximate surface area is 265 Å². The Morgan fingerprint density at radius 3 is 1.80 bits per heavy atom. The van der Waals surface area contributed by atoms with E-state index in [2.05, 4.69) is 43.4 Å².